The van der Waals surface area contributed by atoms with Gasteiger partial charge in [0.15, 0.2) is 0 Å². The van der Waals surface area contributed by atoms with Crippen molar-refractivity contribution in [1.82, 2.24) is 4.90 Å². The van der Waals surface area contributed by atoms with Crippen LogP contribution in [0.5, 0.6) is 0 Å². The summed E-state index contributed by atoms with van der Waals surface area (Å²) in [7, 11) is 0. The molecule has 1 saturated heterocycles. The van der Waals surface area contributed by atoms with Gasteiger partial charge in [-0.2, -0.15) is 0 Å². The zero-order valence-corrected chi connectivity index (χ0v) is 16.1. The number of nitrogens with one attached hydrogen (secondary N) is 1. The van der Waals surface area contributed by atoms with Crippen LogP contribution in [0.15, 0.2) is 42.5 Å². The number of hydrogen-bond donors (Lipinski definition) is 2. The number of halogens is 2. The van der Waals surface area contributed by atoms with Crippen LogP contribution in [0, 0.1) is 5.92 Å². The second-order valence-corrected chi connectivity index (χ2v) is 7.44. The van der Waals surface area contributed by atoms with Gasteiger partial charge in [-0.3, -0.25) is 14.5 Å². The molecule has 1 aliphatic rings. The second-order valence-electron chi connectivity index (χ2n) is 6.63. The molecular formula is C20H20Cl2N2O3. The summed E-state index contributed by atoms with van der Waals surface area (Å²) < 4.78 is 0. The van der Waals surface area contributed by atoms with Crippen molar-refractivity contribution in [3.8, 4) is 0 Å². The van der Waals surface area contributed by atoms with Crippen molar-refractivity contribution in [2.75, 3.05) is 18.4 Å². The van der Waals surface area contributed by atoms with Crippen molar-refractivity contribution in [3.63, 3.8) is 0 Å². The maximum atomic E-state index is 12.4. The lowest BCUT2D eigenvalue weighted by molar-refractivity contribution is -0.143. The highest BCUT2D eigenvalue weighted by Gasteiger charge is 2.25. The van der Waals surface area contributed by atoms with E-state index in [0.717, 1.165) is 5.56 Å². The Morgan fingerprint density at radius 3 is 2.37 bits per heavy atom. The molecule has 2 aromatic rings. The first-order chi connectivity index (χ1) is 12.9. The number of amides is 1. The van der Waals surface area contributed by atoms with Crippen LogP contribution in [0.4, 0.5) is 5.69 Å². The van der Waals surface area contributed by atoms with Crippen LogP contribution in [0.2, 0.25) is 10.0 Å². The van der Waals surface area contributed by atoms with E-state index in [9.17, 15) is 9.59 Å². The number of rotatable bonds is 5. The molecular weight excluding hydrogens is 387 g/mol. The fraction of sp³-hybridized carbons (Fsp3) is 0.300. The zero-order chi connectivity index (χ0) is 19.4. The molecule has 2 aromatic carbocycles. The first kappa shape index (κ1) is 19.7. The Kier molecular flexibility index (Phi) is 6.37. The summed E-state index contributed by atoms with van der Waals surface area (Å²) in [6.45, 7) is 2.05. The molecule has 0 saturated carbocycles. The summed E-state index contributed by atoms with van der Waals surface area (Å²) in [6, 6.07) is 12.2. The Morgan fingerprint density at radius 2 is 1.74 bits per heavy atom. The minimum Gasteiger partial charge on any atom is -0.481 e. The van der Waals surface area contributed by atoms with Gasteiger partial charge in [-0.1, -0.05) is 35.3 Å². The van der Waals surface area contributed by atoms with Crippen LogP contribution in [0.3, 0.4) is 0 Å². The van der Waals surface area contributed by atoms with Crippen molar-refractivity contribution < 1.29 is 14.7 Å². The molecule has 7 heteroatoms. The molecule has 1 fully saturated rings. The third-order valence-electron chi connectivity index (χ3n) is 4.76. The van der Waals surface area contributed by atoms with Gasteiger partial charge in [0.1, 0.15) is 0 Å². The Bertz CT molecular complexity index is 832. The first-order valence-electron chi connectivity index (χ1n) is 8.73. The van der Waals surface area contributed by atoms with Gasteiger partial charge in [0, 0.05) is 17.1 Å². The van der Waals surface area contributed by atoms with E-state index in [1.807, 2.05) is 12.1 Å². The van der Waals surface area contributed by atoms with E-state index in [-0.39, 0.29) is 11.8 Å². The number of carbonyl (C=O) groups is 2. The molecule has 1 aliphatic heterocycles. The first-order valence-corrected chi connectivity index (χ1v) is 9.49. The number of benzene rings is 2. The van der Waals surface area contributed by atoms with Crippen molar-refractivity contribution in [1.29, 1.82) is 0 Å². The molecule has 5 nitrogen and oxygen atoms in total. The van der Waals surface area contributed by atoms with E-state index < -0.39 is 5.97 Å². The molecule has 3 rings (SSSR count). The molecule has 1 amide bonds. The van der Waals surface area contributed by atoms with Gasteiger partial charge in [-0.05, 0) is 61.8 Å². The van der Waals surface area contributed by atoms with E-state index in [2.05, 4.69) is 10.2 Å². The van der Waals surface area contributed by atoms with Crippen molar-refractivity contribution in [3.05, 3.63) is 63.6 Å². The largest absolute Gasteiger partial charge is 0.481 e. The SMILES string of the molecule is O=C(Nc1cccc(CN2CCC(C(=O)O)CC2)c1Cl)c1ccc(Cl)cc1. The van der Waals surface area contributed by atoms with Gasteiger partial charge in [-0.25, -0.2) is 0 Å². The van der Waals surface area contributed by atoms with E-state index in [1.165, 1.54) is 0 Å². The molecule has 2 N–H and O–H groups in total. The van der Waals surface area contributed by atoms with E-state index in [1.54, 1.807) is 30.3 Å². The van der Waals surface area contributed by atoms with E-state index in [0.29, 0.717) is 53.8 Å². The van der Waals surface area contributed by atoms with Crippen molar-refractivity contribution in [2.24, 2.45) is 5.92 Å². The van der Waals surface area contributed by atoms with Gasteiger partial charge >= 0.3 is 5.97 Å². The maximum absolute atomic E-state index is 12.4. The number of carboxylic acid groups (broad SMARTS) is 1. The smallest absolute Gasteiger partial charge is 0.306 e. The molecule has 142 valence electrons. The van der Waals surface area contributed by atoms with Crippen LogP contribution < -0.4 is 5.32 Å². The molecule has 1 heterocycles. The minimum atomic E-state index is -0.723. The van der Waals surface area contributed by atoms with Crippen molar-refractivity contribution >= 4 is 40.8 Å². The quantitative estimate of drug-likeness (QED) is 0.764. The number of anilines is 1. The van der Waals surface area contributed by atoms with Gasteiger partial charge in [-0.15, -0.1) is 0 Å². The van der Waals surface area contributed by atoms with Crippen molar-refractivity contribution in [2.45, 2.75) is 19.4 Å². The third kappa shape index (κ3) is 5.01. The highest BCUT2D eigenvalue weighted by Crippen LogP contribution is 2.29. The van der Waals surface area contributed by atoms with Crippen LogP contribution in [-0.2, 0) is 11.3 Å². The summed E-state index contributed by atoms with van der Waals surface area (Å²) in [5.41, 5.74) is 1.95. The summed E-state index contributed by atoms with van der Waals surface area (Å²) in [5.74, 6) is -1.24. The Balaban J connectivity index is 1.66. The van der Waals surface area contributed by atoms with E-state index in [4.69, 9.17) is 28.3 Å². The van der Waals surface area contributed by atoms with E-state index >= 15 is 0 Å². The average Bonchev–Trinajstić information content (AvgIpc) is 2.66. The highest BCUT2D eigenvalue weighted by atomic mass is 35.5. The lowest BCUT2D eigenvalue weighted by Gasteiger charge is -2.30. The summed E-state index contributed by atoms with van der Waals surface area (Å²) >= 11 is 12.4. The fourth-order valence-electron chi connectivity index (χ4n) is 3.17. The van der Waals surface area contributed by atoms with Gasteiger partial charge in [0.05, 0.1) is 16.6 Å². The predicted octanol–water partition coefficient (Wildman–Crippen LogP) is 4.54. The Hall–Kier alpha value is -2.08. The molecule has 0 aromatic heterocycles. The molecule has 0 radical (unpaired) electrons. The summed E-state index contributed by atoms with van der Waals surface area (Å²) in [4.78, 5) is 25.7. The molecule has 0 spiro atoms. The van der Waals surface area contributed by atoms with Gasteiger partial charge in [0.25, 0.3) is 5.91 Å². The Labute approximate surface area is 167 Å². The number of aliphatic carboxylic acids is 1. The zero-order valence-electron chi connectivity index (χ0n) is 14.6. The van der Waals surface area contributed by atoms with Crippen LogP contribution in [-0.4, -0.2) is 35.0 Å². The number of piperidine rings is 1. The molecule has 27 heavy (non-hydrogen) atoms. The lowest BCUT2D eigenvalue weighted by Crippen LogP contribution is -2.35. The third-order valence-corrected chi connectivity index (χ3v) is 5.46. The van der Waals surface area contributed by atoms with Crippen LogP contribution >= 0.6 is 23.2 Å². The molecule has 0 bridgehead atoms. The average molecular weight is 407 g/mol. The number of hydrogen-bond acceptors (Lipinski definition) is 3. The summed E-state index contributed by atoms with van der Waals surface area (Å²) in [6.07, 6.45) is 1.28. The van der Waals surface area contributed by atoms with Crippen LogP contribution in [0.25, 0.3) is 0 Å². The standard InChI is InChI=1S/C20H20Cl2N2O3/c21-16-6-4-13(5-7-16)19(25)23-17-3-1-2-15(18(17)22)12-24-10-8-14(9-11-24)20(26)27/h1-7,14H,8-12H2,(H,23,25)(H,26,27). The molecule has 0 unspecified atom stereocenters. The van der Waals surface area contributed by atoms with Gasteiger partial charge < -0.3 is 10.4 Å². The minimum absolute atomic E-state index is 0.256. The molecule has 0 aliphatic carbocycles. The predicted molar refractivity (Wildman–Crippen MR) is 106 cm³/mol. The lowest BCUT2D eigenvalue weighted by atomic mass is 9.97. The normalized spacial score (nSPS) is 15.5. The summed E-state index contributed by atoms with van der Waals surface area (Å²) in [5, 5.41) is 13.0. The number of carbonyl (C=O) groups excluding carboxylic acids is 1. The second kappa shape index (κ2) is 8.74. The monoisotopic (exact) mass is 406 g/mol. The highest BCUT2D eigenvalue weighted by molar-refractivity contribution is 6.34. The maximum Gasteiger partial charge on any atom is 0.306 e. The van der Waals surface area contributed by atoms with Gasteiger partial charge in [0.2, 0.25) is 0 Å². The number of carboxylic acids is 1. The topological polar surface area (TPSA) is 69.6 Å². The Morgan fingerprint density at radius 1 is 1.07 bits per heavy atom. The number of nitrogens with zero attached hydrogens (tertiary/aromatic N) is 1. The molecule has 0 atom stereocenters. The van der Waals surface area contributed by atoms with Crippen LogP contribution in [0.1, 0.15) is 28.8 Å². The number of likely N-dealkylation sites (tertiary alicyclic amines) is 1. The fourth-order valence-corrected chi connectivity index (χ4v) is 3.53.